The third kappa shape index (κ3) is 4.51. The summed E-state index contributed by atoms with van der Waals surface area (Å²) in [7, 11) is 0. The van der Waals surface area contributed by atoms with Gasteiger partial charge in [-0.05, 0) is 69.2 Å². The Morgan fingerprint density at radius 1 is 1.10 bits per heavy atom. The number of aromatic nitrogens is 3. The zero-order valence-electron chi connectivity index (χ0n) is 17.6. The second kappa shape index (κ2) is 8.88. The first-order chi connectivity index (χ1) is 14.0. The maximum absolute atomic E-state index is 12.9. The molecule has 1 atom stereocenters. The molecule has 0 spiro atoms. The van der Waals surface area contributed by atoms with Crippen LogP contribution in [0.1, 0.15) is 52.7 Å². The third-order valence-electron chi connectivity index (χ3n) is 5.97. The lowest BCUT2D eigenvalue weighted by molar-refractivity contribution is 0.0952. The van der Waals surface area contributed by atoms with Crippen molar-refractivity contribution >= 4 is 23.5 Å². The molecule has 156 valence electrons. The molecule has 29 heavy (non-hydrogen) atoms. The van der Waals surface area contributed by atoms with Crippen molar-refractivity contribution in [3.8, 4) is 0 Å². The monoisotopic (exact) mass is 414 g/mol. The Hall–Kier alpha value is -1.86. The number of anilines is 1. The summed E-state index contributed by atoms with van der Waals surface area (Å²) in [5.41, 5.74) is 4.22. The SMILES string of the molecule is Cc1cc(C)c(C(=O)CSc2nnc(N3CCCC3)n2CC2CCCO2)cc1C. The van der Waals surface area contributed by atoms with Crippen molar-refractivity contribution in [2.24, 2.45) is 0 Å². The summed E-state index contributed by atoms with van der Waals surface area (Å²) in [6, 6.07) is 4.11. The van der Waals surface area contributed by atoms with Crippen LogP contribution >= 0.6 is 11.8 Å². The number of thioether (sulfide) groups is 1. The molecular weight excluding hydrogens is 384 g/mol. The van der Waals surface area contributed by atoms with Gasteiger partial charge in [-0.2, -0.15) is 0 Å². The summed E-state index contributed by atoms with van der Waals surface area (Å²) in [4.78, 5) is 15.2. The molecule has 6 nitrogen and oxygen atoms in total. The first kappa shape index (κ1) is 20.4. The quantitative estimate of drug-likeness (QED) is 0.505. The van der Waals surface area contributed by atoms with E-state index in [0.29, 0.717) is 5.75 Å². The molecule has 0 saturated carbocycles. The van der Waals surface area contributed by atoms with Gasteiger partial charge in [-0.25, -0.2) is 0 Å². The van der Waals surface area contributed by atoms with E-state index in [1.54, 1.807) is 0 Å². The fourth-order valence-electron chi connectivity index (χ4n) is 4.16. The van der Waals surface area contributed by atoms with Crippen LogP contribution in [0.2, 0.25) is 0 Å². The molecule has 1 unspecified atom stereocenters. The van der Waals surface area contributed by atoms with Gasteiger partial charge in [0.2, 0.25) is 5.95 Å². The molecule has 0 radical (unpaired) electrons. The predicted molar refractivity (Wildman–Crippen MR) is 116 cm³/mol. The molecule has 2 saturated heterocycles. The van der Waals surface area contributed by atoms with E-state index in [1.165, 1.54) is 30.2 Å². The summed E-state index contributed by atoms with van der Waals surface area (Å²) in [5, 5.41) is 9.75. The van der Waals surface area contributed by atoms with Crippen LogP contribution in [0.25, 0.3) is 0 Å². The highest BCUT2D eigenvalue weighted by atomic mass is 32.2. The summed E-state index contributed by atoms with van der Waals surface area (Å²) in [5.74, 6) is 1.44. The summed E-state index contributed by atoms with van der Waals surface area (Å²) < 4.78 is 8.04. The summed E-state index contributed by atoms with van der Waals surface area (Å²) >= 11 is 1.49. The van der Waals surface area contributed by atoms with Gasteiger partial charge in [0.05, 0.1) is 18.4 Å². The number of nitrogens with zero attached hydrogens (tertiary/aromatic N) is 4. The average Bonchev–Trinajstić information content (AvgIpc) is 3.45. The molecule has 2 aliphatic heterocycles. The molecular formula is C22H30N4O2S. The van der Waals surface area contributed by atoms with Crippen LogP contribution in [0.4, 0.5) is 5.95 Å². The molecule has 7 heteroatoms. The van der Waals surface area contributed by atoms with E-state index < -0.39 is 0 Å². The fourth-order valence-corrected chi connectivity index (χ4v) is 4.99. The minimum atomic E-state index is 0.144. The van der Waals surface area contributed by atoms with E-state index in [4.69, 9.17) is 4.74 Å². The standard InChI is InChI=1S/C22H30N4O2S/c1-15-11-17(3)19(12-16(15)2)20(27)14-29-22-24-23-21(25-8-4-5-9-25)26(22)13-18-7-6-10-28-18/h11-12,18H,4-10,13-14H2,1-3H3. The summed E-state index contributed by atoms with van der Waals surface area (Å²) in [6.07, 6.45) is 4.78. The Morgan fingerprint density at radius 2 is 1.86 bits per heavy atom. The van der Waals surface area contributed by atoms with Crippen molar-refractivity contribution in [2.75, 3.05) is 30.3 Å². The van der Waals surface area contributed by atoms with Crippen molar-refractivity contribution in [1.82, 2.24) is 14.8 Å². The number of Topliss-reactive ketones (excluding diaryl/α,β-unsaturated/α-hetero) is 1. The largest absolute Gasteiger partial charge is 0.376 e. The average molecular weight is 415 g/mol. The predicted octanol–water partition coefficient (Wildman–Crippen LogP) is 3.96. The second-order valence-corrected chi connectivity index (χ2v) is 9.13. The topological polar surface area (TPSA) is 60.2 Å². The molecule has 0 N–H and O–H groups in total. The lowest BCUT2D eigenvalue weighted by atomic mass is 9.99. The van der Waals surface area contributed by atoms with E-state index in [2.05, 4.69) is 39.6 Å². The minimum Gasteiger partial charge on any atom is -0.376 e. The lowest BCUT2D eigenvalue weighted by Gasteiger charge is -2.20. The van der Waals surface area contributed by atoms with Crippen LogP contribution in [0, 0.1) is 20.8 Å². The Morgan fingerprint density at radius 3 is 2.59 bits per heavy atom. The highest BCUT2D eigenvalue weighted by molar-refractivity contribution is 7.99. The van der Waals surface area contributed by atoms with E-state index in [9.17, 15) is 4.79 Å². The Bertz CT molecular complexity index is 883. The molecule has 0 bridgehead atoms. The van der Waals surface area contributed by atoms with Gasteiger partial charge in [-0.1, -0.05) is 17.8 Å². The number of carbonyl (C=O) groups is 1. The van der Waals surface area contributed by atoms with E-state index in [1.807, 2.05) is 13.0 Å². The molecule has 1 aromatic carbocycles. The van der Waals surface area contributed by atoms with Gasteiger partial charge in [0, 0.05) is 25.3 Å². The van der Waals surface area contributed by atoms with Gasteiger partial charge in [0.1, 0.15) is 0 Å². The number of ether oxygens (including phenoxy) is 1. The lowest BCUT2D eigenvalue weighted by Crippen LogP contribution is -2.25. The first-order valence-corrected chi connectivity index (χ1v) is 11.5. The molecule has 1 aromatic heterocycles. The Labute approximate surface area is 177 Å². The molecule has 4 rings (SSSR count). The highest BCUT2D eigenvalue weighted by Gasteiger charge is 2.25. The maximum atomic E-state index is 12.9. The van der Waals surface area contributed by atoms with Gasteiger partial charge in [0.25, 0.3) is 0 Å². The van der Waals surface area contributed by atoms with Crippen LogP contribution in [0.3, 0.4) is 0 Å². The van der Waals surface area contributed by atoms with E-state index in [-0.39, 0.29) is 11.9 Å². The Kier molecular flexibility index (Phi) is 6.25. The van der Waals surface area contributed by atoms with Crippen LogP contribution in [-0.4, -0.2) is 52.1 Å². The number of hydrogen-bond acceptors (Lipinski definition) is 6. The van der Waals surface area contributed by atoms with Gasteiger partial charge in [-0.15, -0.1) is 10.2 Å². The van der Waals surface area contributed by atoms with Crippen molar-refractivity contribution in [1.29, 1.82) is 0 Å². The van der Waals surface area contributed by atoms with Crippen LogP contribution < -0.4 is 4.90 Å². The van der Waals surface area contributed by atoms with Crippen molar-refractivity contribution in [3.63, 3.8) is 0 Å². The number of hydrogen-bond donors (Lipinski definition) is 0. The molecule has 2 fully saturated rings. The number of carbonyl (C=O) groups excluding carboxylic acids is 1. The highest BCUT2D eigenvalue weighted by Crippen LogP contribution is 2.28. The fraction of sp³-hybridized carbons (Fsp3) is 0.591. The Balaban J connectivity index is 1.51. The zero-order valence-corrected chi connectivity index (χ0v) is 18.4. The van der Waals surface area contributed by atoms with Crippen molar-refractivity contribution in [3.05, 3.63) is 34.4 Å². The third-order valence-corrected chi connectivity index (χ3v) is 6.94. The molecule has 2 aromatic rings. The smallest absolute Gasteiger partial charge is 0.228 e. The molecule has 0 aliphatic carbocycles. The number of ketones is 1. The van der Waals surface area contributed by atoms with Gasteiger partial charge in [0.15, 0.2) is 10.9 Å². The van der Waals surface area contributed by atoms with Crippen LogP contribution in [-0.2, 0) is 11.3 Å². The van der Waals surface area contributed by atoms with Crippen molar-refractivity contribution in [2.45, 2.75) is 64.3 Å². The molecule has 0 amide bonds. The normalized spacial score (nSPS) is 19.3. The van der Waals surface area contributed by atoms with Gasteiger partial charge >= 0.3 is 0 Å². The van der Waals surface area contributed by atoms with Crippen LogP contribution in [0.15, 0.2) is 17.3 Å². The van der Waals surface area contributed by atoms with Crippen LogP contribution in [0.5, 0.6) is 0 Å². The van der Waals surface area contributed by atoms with Gasteiger partial charge in [-0.3, -0.25) is 9.36 Å². The maximum Gasteiger partial charge on any atom is 0.228 e. The molecule has 3 heterocycles. The second-order valence-electron chi connectivity index (χ2n) is 8.19. The van der Waals surface area contributed by atoms with E-state index >= 15 is 0 Å². The zero-order chi connectivity index (χ0) is 20.4. The number of benzene rings is 1. The van der Waals surface area contributed by atoms with Gasteiger partial charge < -0.3 is 9.64 Å². The minimum absolute atomic E-state index is 0.144. The van der Waals surface area contributed by atoms with Crippen molar-refractivity contribution < 1.29 is 9.53 Å². The summed E-state index contributed by atoms with van der Waals surface area (Å²) in [6.45, 7) is 9.79. The number of rotatable bonds is 7. The van der Waals surface area contributed by atoms with E-state index in [0.717, 1.165) is 66.9 Å². The molecule has 2 aliphatic rings. The number of aryl methyl sites for hydroxylation is 3. The first-order valence-electron chi connectivity index (χ1n) is 10.6.